The summed E-state index contributed by atoms with van der Waals surface area (Å²) in [6, 6.07) is 2.43. The lowest BCUT2D eigenvalue weighted by atomic mass is 9.92. The van der Waals surface area contributed by atoms with Crippen molar-refractivity contribution in [2.24, 2.45) is 11.7 Å². The molecule has 0 bridgehead atoms. The minimum Gasteiger partial charge on any atom is -0.383 e. The average molecular weight is 349 g/mol. The summed E-state index contributed by atoms with van der Waals surface area (Å²) in [5, 5.41) is 0. The van der Waals surface area contributed by atoms with Crippen LogP contribution in [0.2, 0.25) is 0 Å². The van der Waals surface area contributed by atoms with E-state index in [4.69, 9.17) is 10.5 Å². The molecule has 6 nitrogen and oxygen atoms in total. The van der Waals surface area contributed by atoms with Gasteiger partial charge in [0.25, 0.3) is 0 Å². The highest BCUT2D eigenvalue weighted by Gasteiger charge is 2.30. The summed E-state index contributed by atoms with van der Waals surface area (Å²) < 4.78 is 7.41. The van der Waals surface area contributed by atoms with Crippen molar-refractivity contribution in [3.05, 3.63) is 23.0 Å². The van der Waals surface area contributed by atoms with E-state index < -0.39 is 0 Å². The Morgan fingerprint density at radius 2 is 2.04 bits per heavy atom. The molecule has 1 aliphatic heterocycles. The van der Waals surface area contributed by atoms with Gasteiger partial charge in [-0.1, -0.05) is 0 Å². The van der Waals surface area contributed by atoms with Crippen molar-refractivity contribution in [2.75, 3.05) is 26.8 Å². The van der Waals surface area contributed by atoms with Crippen LogP contribution in [-0.4, -0.2) is 54.0 Å². The Morgan fingerprint density at radius 1 is 1.36 bits per heavy atom. The van der Waals surface area contributed by atoms with Crippen LogP contribution < -0.4 is 5.73 Å². The van der Waals surface area contributed by atoms with Crippen LogP contribution in [0.25, 0.3) is 0 Å². The number of piperidine rings is 1. The third kappa shape index (κ3) is 4.30. The molecule has 140 valence electrons. The van der Waals surface area contributed by atoms with E-state index in [-0.39, 0.29) is 29.7 Å². The van der Waals surface area contributed by atoms with Crippen LogP contribution >= 0.6 is 0 Å². The average Bonchev–Trinajstić information content (AvgIpc) is 2.84. The lowest BCUT2D eigenvalue weighted by Crippen LogP contribution is -2.47. The Hall–Kier alpha value is -1.66. The molecule has 0 spiro atoms. The molecule has 2 N–H and O–H groups in total. The zero-order valence-corrected chi connectivity index (χ0v) is 16.0. The van der Waals surface area contributed by atoms with Gasteiger partial charge in [0.1, 0.15) is 0 Å². The normalized spacial score (nSPS) is 22.8. The number of ether oxygens (including phenoxy) is 1. The molecule has 3 atom stereocenters. The number of hydrogen-bond acceptors (Lipinski definition) is 4. The number of aryl methyl sites for hydroxylation is 1. The van der Waals surface area contributed by atoms with Crippen molar-refractivity contribution in [1.29, 1.82) is 0 Å². The van der Waals surface area contributed by atoms with Gasteiger partial charge in [-0.3, -0.25) is 14.5 Å². The predicted molar refractivity (Wildman–Crippen MR) is 97.8 cm³/mol. The van der Waals surface area contributed by atoms with Crippen LogP contribution in [0.5, 0.6) is 0 Å². The third-order valence-corrected chi connectivity index (χ3v) is 5.39. The molecule has 1 fully saturated rings. The van der Waals surface area contributed by atoms with Crippen molar-refractivity contribution in [2.45, 2.75) is 52.6 Å². The van der Waals surface area contributed by atoms with E-state index in [9.17, 15) is 9.59 Å². The number of aromatic nitrogens is 1. The zero-order valence-electron chi connectivity index (χ0n) is 16.0. The van der Waals surface area contributed by atoms with Gasteiger partial charge in [0.05, 0.1) is 25.1 Å². The highest BCUT2D eigenvalue weighted by Crippen LogP contribution is 2.24. The van der Waals surface area contributed by atoms with Crippen LogP contribution in [0.15, 0.2) is 6.07 Å². The number of Topliss-reactive ketones (excluding diaryl/α,β-unsaturated/α-hetero) is 1. The Morgan fingerprint density at radius 3 is 2.64 bits per heavy atom. The molecule has 2 heterocycles. The van der Waals surface area contributed by atoms with E-state index >= 15 is 0 Å². The molecule has 25 heavy (non-hydrogen) atoms. The molecule has 0 radical (unpaired) electrons. The molecule has 0 saturated carbocycles. The number of rotatable bonds is 7. The molecule has 2 rings (SSSR count). The van der Waals surface area contributed by atoms with Crippen molar-refractivity contribution in [3.63, 3.8) is 0 Å². The second-order valence-corrected chi connectivity index (χ2v) is 7.34. The number of ketones is 1. The smallest absolute Gasteiger partial charge is 0.221 e. The fourth-order valence-corrected chi connectivity index (χ4v) is 3.95. The fourth-order valence-electron chi connectivity index (χ4n) is 3.95. The van der Waals surface area contributed by atoms with E-state index in [1.807, 2.05) is 19.9 Å². The van der Waals surface area contributed by atoms with E-state index in [0.29, 0.717) is 19.7 Å². The first-order valence-electron chi connectivity index (χ1n) is 9.00. The number of carbonyl (C=O) groups excluding carboxylic acids is 2. The number of primary amides is 1. The van der Waals surface area contributed by atoms with Crippen LogP contribution in [0, 0.1) is 19.8 Å². The maximum absolute atomic E-state index is 12.9. The molecule has 6 heteroatoms. The number of carbonyl (C=O) groups is 2. The van der Waals surface area contributed by atoms with E-state index in [1.54, 1.807) is 7.11 Å². The highest BCUT2D eigenvalue weighted by atomic mass is 16.5. The van der Waals surface area contributed by atoms with Gasteiger partial charge >= 0.3 is 0 Å². The van der Waals surface area contributed by atoms with Crippen LogP contribution in [0.3, 0.4) is 0 Å². The lowest BCUT2D eigenvalue weighted by molar-refractivity contribution is -0.123. The summed E-state index contributed by atoms with van der Waals surface area (Å²) in [6.07, 6.45) is 1.70. The molecule has 0 aromatic carbocycles. The third-order valence-electron chi connectivity index (χ3n) is 5.39. The van der Waals surface area contributed by atoms with Gasteiger partial charge in [-0.05, 0) is 46.6 Å². The predicted octanol–water partition coefficient (Wildman–Crippen LogP) is 2.08. The van der Waals surface area contributed by atoms with Gasteiger partial charge < -0.3 is 15.0 Å². The van der Waals surface area contributed by atoms with Crippen molar-refractivity contribution in [3.8, 4) is 0 Å². The summed E-state index contributed by atoms with van der Waals surface area (Å²) in [5.41, 5.74) is 8.26. The number of nitrogens with two attached hydrogens (primary N) is 1. The topological polar surface area (TPSA) is 77.6 Å². The largest absolute Gasteiger partial charge is 0.383 e. The molecule has 1 aromatic rings. The van der Waals surface area contributed by atoms with Gasteiger partial charge in [-0.2, -0.15) is 0 Å². The second kappa shape index (κ2) is 8.15. The Balaban J connectivity index is 2.15. The van der Waals surface area contributed by atoms with Crippen molar-refractivity contribution >= 4 is 11.7 Å². The second-order valence-electron chi connectivity index (χ2n) is 7.34. The number of hydrogen-bond donors (Lipinski definition) is 1. The molecular weight excluding hydrogens is 318 g/mol. The number of methoxy groups -OCH3 is 1. The minimum atomic E-state index is -0.268. The SMILES string of the molecule is COC[C@H](C)n1c(C)cc(C(=O)CN2C[C@@H](C(N)=O)CC[C@H]2C)c1C. The van der Waals surface area contributed by atoms with Gasteiger partial charge in [0.2, 0.25) is 5.91 Å². The van der Waals surface area contributed by atoms with Crippen LogP contribution in [-0.2, 0) is 9.53 Å². The quantitative estimate of drug-likeness (QED) is 0.765. The lowest BCUT2D eigenvalue weighted by Gasteiger charge is -2.36. The molecule has 1 saturated heterocycles. The van der Waals surface area contributed by atoms with E-state index in [0.717, 1.165) is 29.8 Å². The first-order valence-corrected chi connectivity index (χ1v) is 9.00. The first kappa shape index (κ1) is 19.7. The van der Waals surface area contributed by atoms with Gasteiger partial charge in [-0.15, -0.1) is 0 Å². The Labute approximate surface area is 150 Å². The van der Waals surface area contributed by atoms with E-state index in [1.165, 1.54) is 0 Å². The molecule has 0 aliphatic carbocycles. The highest BCUT2D eigenvalue weighted by molar-refractivity contribution is 5.99. The van der Waals surface area contributed by atoms with Crippen molar-refractivity contribution < 1.29 is 14.3 Å². The molecule has 1 aliphatic rings. The van der Waals surface area contributed by atoms with E-state index in [2.05, 4.69) is 23.3 Å². The summed E-state index contributed by atoms with van der Waals surface area (Å²) in [5.74, 6) is -0.324. The summed E-state index contributed by atoms with van der Waals surface area (Å²) in [4.78, 5) is 26.5. The number of nitrogens with zero attached hydrogens (tertiary/aromatic N) is 2. The monoisotopic (exact) mass is 349 g/mol. The zero-order chi connectivity index (χ0) is 18.7. The van der Waals surface area contributed by atoms with Crippen molar-refractivity contribution in [1.82, 2.24) is 9.47 Å². The Bertz CT molecular complexity index is 638. The minimum absolute atomic E-state index is 0.0981. The Kier molecular flexibility index (Phi) is 6.41. The fraction of sp³-hybridized carbons (Fsp3) is 0.684. The maximum Gasteiger partial charge on any atom is 0.221 e. The van der Waals surface area contributed by atoms with Gasteiger partial charge in [-0.25, -0.2) is 0 Å². The van der Waals surface area contributed by atoms with Crippen LogP contribution in [0.1, 0.15) is 54.5 Å². The van der Waals surface area contributed by atoms with Gasteiger partial charge in [0.15, 0.2) is 5.78 Å². The summed E-state index contributed by atoms with van der Waals surface area (Å²) in [6.45, 7) is 9.69. The van der Waals surface area contributed by atoms with Gasteiger partial charge in [0, 0.05) is 36.6 Å². The standard InChI is InChI=1S/C19H31N3O3/c1-12-6-7-16(19(20)24)9-21(12)10-18(23)17-8-13(2)22(15(17)4)14(3)11-25-5/h8,12,14,16H,6-7,9-11H2,1-5H3,(H2,20,24)/t12-,14+,16+/m1/s1. The number of likely N-dealkylation sites (tertiary alicyclic amines) is 1. The maximum atomic E-state index is 12.9. The summed E-state index contributed by atoms with van der Waals surface area (Å²) in [7, 11) is 1.68. The molecule has 0 unspecified atom stereocenters. The van der Waals surface area contributed by atoms with Crippen LogP contribution in [0.4, 0.5) is 0 Å². The first-order chi connectivity index (χ1) is 11.8. The summed E-state index contributed by atoms with van der Waals surface area (Å²) >= 11 is 0. The molecular formula is C19H31N3O3. The molecule has 1 amide bonds. The number of amides is 1. The molecule has 1 aromatic heterocycles.